The van der Waals surface area contributed by atoms with Crippen molar-refractivity contribution < 1.29 is 0 Å². The largest absolute Gasteiger partial charge is 0.329 e. The molecule has 4 heteroatoms. The Morgan fingerprint density at radius 3 is 2.40 bits per heavy atom. The van der Waals surface area contributed by atoms with E-state index in [9.17, 15) is 0 Å². The first-order valence-electron chi connectivity index (χ1n) is 8.00. The Morgan fingerprint density at radius 1 is 1.25 bits per heavy atom. The Bertz CT molecular complexity index is 442. The molecule has 0 radical (unpaired) electrons. The molecule has 1 heterocycles. The first kappa shape index (κ1) is 13.2. The maximum Gasteiger partial charge on any atom is 0.0795 e. The number of nitrogens with zero attached hydrogens (tertiary/aromatic N) is 2. The average molecular weight is 291 g/mol. The van der Waals surface area contributed by atoms with E-state index < -0.39 is 0 Å². The standard InChI is InChI=1S/C16H25N3S/c1-19(7-15-8-20-10-18-15)16(9-17)13-3-11-2-12(5-13)6-14(16)4-11/h8,10-14H,2-7,9,17H2,1H3. The number of thiazole rings is 1. The quantitative estimate of drug-likeness (QED) is 0.927. The van der Waals surface area contributed by atoms with Crippen LogP contribution in [0.15, 0.2) is 10.9 Å². The summed E-state index contributed by atoms with van der Waals surface area (Å²) in [4.78, 5) is 7.03. The smallest absolute Gasteiger partial charge is 0.0795 e. The van der Waals surface area contributed by atoms with Crippen LogP contribution in [0.5, 0.6) is 0 Å². The van der Waals surface area contributed by atoms with Crippen molar-refractivity contribution in [1.29, 1.82) is 0 Å². The van der Waals surface area contributed by atoms with Crippen LogP contribution in [0.2, 0.25) is 0 Å². The molecule has 4 aliphatic carbocycles. The fraction of sp³-hybridized carbons (Fsp3) is 0.812. The number of aromatic nitrogens is 1. The first-order valence-corrected chi connectivity index (χ1v) is 8.95. The fourth-order valence-corrected chi connectivity index (χ4v) is 6.37. The van der Waals surface area contributed by atoms with Gasteiger partial charge in [-0.15, -0.1) is 11.3 Å². The van der Waals surface area contributed by atoms with Crippen LogP contribution in [0.1, 0.15) is 37.8 Å². The molecule has 0 atom stereocenters. The molecule has 0 spiro atoms. The topological polar surface area (TPSA) is 42.2 Å². The average Bonchev–Trinajstić information content (AvgIpc) is 2.91. The molecule has 0 amide bonds. The van der Waals surface area contributed by atoms with E-state index in [1.54, 1.807) is 11.3 Å². The van der Waals surface area contributed by atoms with Crippen LogP contribution in [0, 0.1) is 23.7 Å². The minimum Gasteiger partial charge on any atom is -0.329 e. The highest BCUT2D eigenvalue weighted by Gasteiger charge is 2.58. The van der Waals surface area contributed by atoms with Crippen molar-refractivity contribution in [2.24, 2.45) is 29.4 Å². The number of hydrogen-bond donors (Lipinski definition) is 1. The molecule has 4 fully saturated rings. The van der Waals surface area contributed by atoms with Gasteiger partial charge in [-0.05, 0) is 62.8 Å². The lowest BCUT2D eigenvalue weighted by atomic mass is 9.48. The Balaban J connectivity index is 1.62. The lowest BCUT2D eigenvalue weighted by molar-refractivity contribution is -0.126. The normalized spacial score (nSPS) is 42.5. The highest BCUT2D eigenvalue weighted by Crippen LogP contribution is 2.59. The molecule has 4 aliphatic rings. The van der Waals surface area contributed by atoms with Crippen molar-refractivity contribution in [1.82, 2.24) is 9.88 Å². The molecule has 110 valence electrons. The van der Waals surface area contributed by atoms with E-state index in [1.165, 1.54) is 37.8 Å². The van der Waals surface area contributed by atoms with E-state index in [1.807, 2.05) is 5.51 Å². The van der Waals surface area contributed by atoms with Crippen LogP contribution in [-0.4, -0.2) is 29.0 Å². The Morgan fingerprint density at radius 2 is 1.90 bits per heavy atom. The van der Waals surface area contributed by atoms with Gasteiger partial charge in [0.1, 0.15) is 0 Å². The second kappa shape index (κ2) is 4.79. The zero-order chi connectivity index (χ0) is 13.7. The van der Waals surface area contributed by atoms with Crippen LogP contribution in [0.3, 0.4) is 0 Å². The van der Waals surface area contributed by atoms with Crippen LogP contribution < -0.4 is 5.73 Å². The molecule has 1 aromatic heterocycles. The van der Waals surface area contributed by atoms with Gasteiger partial charge < -0.3 is 5.73 Å². The summed E-state index contributed by atoms with van der Waals surface area (Å²) >= 11 is 1.69. The summed E-state index contributed by atoms with van der Waals surface area (Å²) in [5.41, 5.74) is 9.75. The van der Waals surface area contributed by atoms with Gasteiger partial charge in [-0.1, -0.05) is 0 Å². The molecule has 3 nitrogen and oxygen atoms in total. The molecule has 0 saturated heterocycles. The van der Waals surface area contributed by atoms with Gasteiger partial charge in [-0.2, -0.15) is 0 Å². The lowest BCUT2D eigenvalue weighted by Crippen LogP contribution is -2.68. The Kier molecular flexibility index (Phi) is 3.17. The summed E-state index contributed by atoms with van der Waals surface area (Å²) in [6.07, 6.45) is 7.19. The molecule has 0 aliphatic heterocycles. The van der Waals surface area contributed by atoms with Gasteiger partial charge in [0, 0.05) is 24.0 Å². The molecule has 2 N–H and O–H groups in total. The predicted octanol–water partition coefficient (Wildman–Crippen LogP) is 2.73. The molecule has 0 aromatic carbocycles. The Hall–Kier alpha value is -0.450. The Labute approximate surface area is 125 Å². The van der Waals surface area contributed by atoms with Gasteiger partial charge in [0.25, 0.3) is 0 Å². The van der Waals surface area contributed by atoms with Crippen molar-refractivity contribution in [3.63, 3.8) is 0 Å². The summed E-state index contributed by atoms with van der Waals surface area (Å²) in [6, 6.07) is 0. The predicted molar refractivity (Wildman–Crippen MR) is 82.4 cm³/mol. The zero-order valence-electron chi connectivity index (χ0n) is 12.3. The number of rotatable bonds is 4. The lowest BCUT2D eigenvalue weighted by Gasteiger charge is -2.64. The molecule has 20 heavy (non-hydrogen) atoms. The zero-order valence-corrected chi connectivity index (χ0v) is 13.1. The van der Waals surface area contributed by atoms with E-state index in [2.05, 4.69) is 22.3 Å². The monoisotopic (exact) mass is 291 g/mol. The molecular weight excluding hydrogens is 266 g/mol. The van der Waals surface area contributed by atoms with E-state index in [4.69, 9.17) is 5.73 Å². The molecular formula is C16H25N3S. The van der Waals surface area contributed by atoms with E-state index in [0.717, 1.165) is 36.8 Å². The van der Waals surface area contributed by atoms with E-state index in [0.29, 0.717) is 0 Å². The molecule has 0 unspecified atom stereocenters. The maximum absolute atomic E-state index is 6.36. The summed E-state index contributed by atoms with van der Waals surface area (Å²) < 4.78 is 0. The maximum atomic E-state index is 6.36. The van der Waals surface area contributed by atoms with Gasteiger partial charge in [0.15, 0.2) is 0 Å². The van der Waals surface area contributed by atoms with Crippen molar-refractivity contribution in [3.8, 4) is 0 Å². The van der Waals surface area contributed by atoms with Crippen molar-refractivity contribution in [3.05, 3.63) is 16.6 Å². The highest BCUT2D eigenvalue weighted by atomic mass is 32.1. The first-order chi connectivity index (χ1) is 9.72. The van der Waals surface area contributed by atoms with E-state index in [-0.39, 0.29) is 5.54 Å². The van der Waals surface area contributed by atoms with Crippen LogP contribution >= 0.6 is 11.3 Å². The number of hydrogen-bond acceptors (Lipinski definition) is 4. The van der Waals surface area contributed by atoms with Gasteiger partial charge in [0.2, 0.25) is 0 Å². The van der Waals surface area contributed by atoms with Crippen molar-refractivity contribution >= 4 is 11.3 Å². The summed E-state index contributed by atoms with van der Waals surface area (Å²) in [6.45, 7) is 1.78. The second-order valence-corrected chi connectivity index (χ2v) is 8.05. The fourth-order valence-electron chi connectivity index (χ4n) is 5.82. The van der Waals surface area contributed by atoms with Crippen LogP contribution in [-0.2, 0) is 6.54 Å². The third-order valence-electron chi connectivity index (χ3n) is 6.47. The SMILES string of the molecule is CN(Cc1cscn1)C1(CN)C2CC3CC(C2)CC1C3. The third kappa shape index (κ3) is 1.81. The molecule has 4 saturated carbocycles. The van der Waals surface area contributed by atoms with Gasteiger partial charge in [0.05, 0.1) is 11.2 Å². The van der Waals surface area contributed by atoms with Gasteiger partial charge >= 0.3 is 0 Å². The summed E-state index contributed by atoms with van der Waals surface area (Å²) in [7, 11) is 2.29. The second-order valence-electron chi connectivity index (χ2n) is 7.34. The van der Waals surface area contributed by atoms with Crippen molar-refractivity contribution in [2.45, 2.75) is 44.2 Å². The minimum atomic E-state index is 0.247. The van der Waals surface area contributed by atoms with Gasteiger partial charge in [-0.3, -0.25) is 4.90 Å². The summed E-state index contributed by atoms with van der Waals surface area (Å²) in [5.74, 6) is 3.66. The van der Waals surface area contributed by atoms with E-state index >= 15 is 0 Å². The summed E-state index contributed by atoms with van der Waals surface area (Å²) in [5, 5.41) is 2.18. The third-order valence-corrected chi connectivity index (χ3v) is 7.11. The van der Waals surface area contributed by atoms with Crippen LogP contribution in [0.25, 0.3) is 0 Å². The molecule has 4 bridgehead atoms. The number of likely N-dealkylation sites (N-methyl/N-ethyl adjacent to an activating group) is 1. The van der Waals surface area contributed by atoms with Crippen molar-refractivity contribution in [2.75, 3.05) is 13.6 Å². The van der Waals surface area contributed by atoms with Crippen LogP contribution in [0.4, 0.5) is 0 Å². The molecule has 5 rings (SSSR count). The molecule has 1 aromatic rings. The number of nitrogens with two attached hydrogens (primary N) is 1. The highest BCUT2D eigenvalue weighted by molar-refractivity contribution is 7.07. The minimum absolute atomic E-state index is 0.247. The van der Waals surface area contributed by atoms with Gasteiger partial charge in [-0.25, -0.2) is 4.98 Å².